The smallest absolute Gasteiger partial charge is 0.309 e. The van der Waals surface area contributed by atoms with Crippen molar-refractivity contribution in [3.63, 3.8) is 0 Å². The minimum atomic E-state index is -1.09. The van der Waals surface area contributed by atoms with Crippen molar-refractivity contribution >= 4 is 45.9 Å². The van der Waals surface area contributed by atoms with Crippen molar-refractivity contribution in [3.05, 3.63) is 94.1 Å². The third kappa shape index (κ3) is 5.66. The molecule has 4 aromatic rings. The molecular weight excluding hydrogens is 564 g/mol. The summed E-state index contributed by atoms with van der Waals surface area (Å²) < 4.78 is 8.39. The average Bonchev–Trinajstić information content (AvgIpc) is 3.69. The van der Waals surface area contributed by atoms with Gasteiger partial charge in [-0.2, -0.15) is 0 Å². The molecule has 2 aliphatic rings. The molecule has 1 fully saturated rings. The molecule has 1 amide bonds. The number of Topliss-reactive ketones (excluding diaryl/α,β-unsaturated/α-hetero) is 1. The van der Waals surface area contributed by atoms with Gasteiger partial charge in [0.2, 0.25) is 5.91 Å². The van der Waals surface area contributed by atoms with Gasteiger partial charge in [-0.25, -0.2) is 0 Å². The van der Waals surface area contributed by atoms with Crippen LogP contribution in [0.1, 0.15) is 60.8 Å². The van der Waals surface area contributed by atoms with E-state index in [-0.39, 0.29) is 30.1 Å². The van der Waals surface area contributed by atoms with Crippen LogP contribution in [0.3, 0.4) is 0 Å². The number of aromatic nitrogens is 1. The Morgan fingerprint density at radius 2 is 1.74 bits per heavy atom. The molecule has 3 aromatic carbocycles. The number of rotatable bonds is 10. The lowest BCUT2D eigenvalue weighted by Crippen LogP contribution is -2.40. The highest BCUT2D eigenvalue weighted by atomic mass is 35.5. The monoisotopic (exact) mass is 598 g/mol. The molecule has 1 saturated carbocycles. The number of hydrogen-bond donors (Lipinski definition) is 1. The molecule has 43 heavy (non-hydrogen) atoms. The maximum Gasteiger partial charge on any atom is 0.309 e. The molecule has 0 saturated heterocycles. The number of carboxylic acids is 1. The quantitative estimate of drug-likeness (QED) is 0.200. The highest BCUT2D eigenvalue weighted by Gasteiger charge is 2.38. The molecule has 1 N–H and O–H groups in total. The van der Waals surface area contributed by atoms with Gasteiger partial charge in [-0.05, 0) is 80.6 Å². The van der Waals surface area contributed by atoms with E-state index in [1.807, 2.05) is 66.7 Å². The normalized spacial score (nSPS) is 16.4. The molecule has 0 unspecified atom stereocenters. The van der Waals surface area contributed by atoms with E-state index in [1.54, 1.807) is 25.7 Å². The first kappa shape index (κ1) is 29.0. The fourth-order valence-corrected chi connectivity index (χ4v) is 6.27. The molecule has 1 aromatic heterocycles. The number of ether oxygens (including phenoxy) is 1. The number of carboxylic acid groups (broad SMARTS) is 1. The summed E-state index contributed by atoms with van der Waals surface area (Å²) in [5.41, 5.74) is 4.10. The fraction of sp³-hybridized carbons (Fsp3) is 0.343. The number of benzene rings is 3. The van der Waals surface area contributed by atoms with Crippen LogP contribution in [-0.2, 0) is 29.0 Å². The number of aliphatic carboxylic acids is 1. The summed E-state index contributed by atoms with van der Waals surface area (Å²) in [6, 6.07) is 21.1. The standard InChI is InChI=1S/C35H35ClN2O5/c1-21(39)38-26(16-24-6-4-5-7-29(24)38)20-43-27-14-15-30-28(17-27)32(33(40)23-10-11-23)31(18-35(2,3)34(41)42)37(30)19-22-8-12-25(36)13-9-22/h4-9,12-15,17,23,26H,10-11,16,18-20H2,1-3H3,(H,41,42)/t26-/m0/s1. The summed E-state index contributed by atoms with van der Waals surface area (Å²) >= 11 is 6.14. The summed E-state index contributed by atoms with van der Waals surface area (Å²) in [6.45, 7) is 5.72. The third-order valence-corrected chi connectivity index (χ3v) is 8.88. The van der Waals surface area contributed by atoms with Gasteiger partial charge in [0, 0.05) is 58.7 Å². The fourth-order valence-electron chi connectivity index (χ4n) is 6.14. The molecule has 8 heteroatoms. The minimum Gasteiger partial charge on any atom is -0.491 e. The van der Waals surface area contributed by atoms with Gasteiger partial charge in [0.15, 0.2) is 5.78 Å². The number of hydrogen-bond acceptors (Lipinski definition) is 4. The number of amides is 1. The van der Waals surface area contributed by atoms with Crippen molar-refractivity contribution < 1.29 is 24.2 Å². The van der Waals surface area contributed by atoms with E-state index in [0.29, 0.717) is 35.9 Å². The van der Waals surface area contributed by atoms with Crippen molar-refractivity contribution in [1.82, 2.24) is 4.57 Å². The van der Waals surface area contributed by atoms with Gasteiger partial charge in [-0.15, -0.1) is 0 Å². The zero-order valence-corrected chi connectivity index (χ0v) is 25.4. The van der Waals surface area contributed by atoms with E-state index in [4.69, 9.17) is 16.3 Å². The Balaban J connectivity index is 1.40. The second kappa shape index (κ2) is 11.2. The van der Waals surface area contributed by atoms with E-state index in [9.17, 15) is 19.5 Å². The third-order valence-electron chi connectivity index (χ3n) is 8.63. The van der Waals surface area contributed by atoms with Crippen LogP contribution in [0.25, 0.3) is 10.9 Å². The van der Waals surface area contributed by atoms with Gasteiger partial charge in [-0.3, -0.25) is 14.4 Å². The number of para-hydroxylation sites is 1. The van der Waals surface area contributed by atoms with E-state index < -0.39 is 11.4 Å². The topological polar surface area (TPSA) is 88.8 Å². The first-order valence-corrected chi connectivity index (χ1v) is 15.1. The first-order chi connectivity index (χ1) is 20.5. The Bertz CT molecular complexity index is 1740. The molecule has 7 nitrogen and oxygen atoms in total. The van der Waals surface area contributed by atoms with Crippen LogP contribution < -0.4 is 9.64 Å². The van der Waals surface area contributed by atoms with Crippen molar-refractivity contribution in [2.24, 2.45) is 11.3 Å². The second-order valence-corrected chi connectivity index (χ2v) is 12.8. The van der Waals surface area contributed by atoms with Gasteiger partial charge in [-0.1, -0.05) is 41.9 Å². The Morgan fingerprint density at radius 3 is 2.42 bits per heavy atom. The number of carbonyl (C=O) groups is 3. The van der Waals surface area contributed by atoms with Gasteiger partial charge < -0.3 is 19.3 Å². The molecular formula is C35H35ClN2O5. The number of anilines is 1. The number of fused-ring (bicyclic) bond motifs is 2. The summed E-state index contributed by atoms with van der Waals surface area (Å²) in [7, 11) is 0. The lowest BCUT2D eigenvalue weighted by Gasteiger charge is -2.24. The SMILES string of the molecule is CC(=O)N1c2ccccc2C[C@H]1COc1ccc2c(c1)c(C(=O)C1CC1)c(CC(C)(C)C(=O)O)n2Cc1ccc(Cl)cc1. The first-order valence-electron chi connectivity index (χ1n) is 14.7. The number of ketones is 1. The largest absolute Gasteiger partial charge is 0.491 e. The van der Waals surface area contributed by atoms with E-state index >= 15 is 0 Å². The molecule has 222 valence electrons. The van der Waals surface area contributed by atoms with Gasteiger partial charge in [0.1, 0.15) is 12.4 Å². The molecule has 1 atom stereocenters. The van der Waals surface area contributed by atoms with E-state index in [2.05, 4.69) is 4.57 Å². The highest BCUT2D eigenvalue weighted by molar-refractivity contribution is 6.30. The van der Waals surface area contributed by atoms with Crippen LogP contribution in [-0.4, -0.2) is 40.0 Å². The van der Waals surface area contributed by atoms with Gasteiger partial charge in [0.25, 0.3) is 0 Å². The maximum atomic E-state index is 13.9. The van der Waals surface area contributed by atoms with Crippen LogP contribution in [0.2, 0.25) is 5.02 Å². The number of halogens is 1. The molecule has 0 bridgehead atoms. The molecule has 1 aliphatic carbocycles. The molecule has 0 radical (unpaired) electrons. The lowest BCUT2D eigenvalue weighted by molar-refractivity contribution is -0.146. The lowest BCUT2D eigenvalue weighted by atomic mass is 9.85. The van der Waals surface area contributed by atoms with E-state index in [0.717, 1.165) is 46.3 Å². The van der Waals surface area contributed by atoms with Crippen molar-refractivity contribution in [2.45, 2.75) is 59.0 Å². The summed E-state index contributed by atoms with van der Waals surface area (Å²) in [5, 5.41) is 11.4. The maximum absolute atomic E-state index is 13.9. The highest BCUT2D eigenvalue weighted by Crippen LogP contribution is 2.41. The van der Waals surface area contributed by atoms with E-state index in [1.165, 1.54) is 0 Å². The number of carbonyl (C=O) groups excluding carboxylic acids is 2. The van der Waals surface area contributed by atoms with Crippen molar-refractivity contribution in [1.29, 1.82) is 0 Å². The molecule has 0 spiro atoms. The van der Waals surface area contributed by atoms with Crippen LogP contribution in [0, 0.1) is 11.3 Å². The Morgan fingerprint density at radius 1 is 1.02 bits per heavy atom. The Hall–Kier alpha value is -4.10. The van der Waals surface area contributed by atoms with Gasteiger partial charge >= 0.3 is 5.97 Å². The zero-order chi connectivity index (χ0) is 30.5. The predicted octanol–water partition coefficient (Wildman–Crippen LogP) is 6.95. The summed E-state index contributed by atoms with van der Waals surface area (Å²) in [5.74, 6) is -0.341. The Labute approximate surface area is 256 Å². The molecule has 2 heterocycles. The van der Waals surface area contributed by atoms with Gasteiger partial charge in [0.05, 0.1) is 11.5 Å². The van der Waals surface area contributed by atoms with Crippen LogP contribution in [0.5, 0.6) is 5.75 Å². The molecule has 6 rings (SSSR count). The van der Waals surface area contributed by atoms with Crippen LogP contribution in [0.15, 0.2) is 66.7 Å². The second-order valence-electron chi connectivity index (χ2n) is 12.4. The Kier molecular flexibility index (Phi) is 7.55. The van der Waals surface area contributed by atoms with Crippen molar-refractivity contribution in [2.75, 3.05) is 11.5 Å². The summed E-state index contributed by atoms with van der Waals surface area (Å²) in [4.78, 5) is 40.4. The minimum absolute atomic E-state index is 0.0312. The number of nitrogens with zero attached hydrogens (tertiary/aromatic N) is 2. The predicted molar refractivity (Wildman–Crippen MR) is 167 cm³/mol. The van der Waals surface area contributed by atoms with Crippen molar-refractivity contribution in [3.8, 4) is 5.75 Å². The zero-order valence-electron chi connectivity index (χ0n) is 24.6. The van der Waals surface area contributed by atoms with Crippen LogP contribution in [0.4, 0.5) is 5.69 Å². The summed E-state index contributed by atoms with van der Waals surface area (Å²) in [6.07, 6.45) is 2.57. The average molecular weight is 599 g/mol. The van der Waals surface area contributed by atoms with Crippen LogP contribution >= 0.6 is 11.6 Å². The molecule has 1 aliphatic heterocycles.